The summed E-state index contributed by atoms with van der Waals surface area (Å²) in [6.45, 7) is 9.62. The van der Waals surface area contributed by atoms with E-state index in [0.29, 0.717) is 19.5 Å². The number of rotatable bonds is 3. The Bertz CT molecular complexity index is 718. The normalized spacial score (nSPS) is 21.4. The molecule has 0 saturated carbocycles. The van der Waals surface area contributed by atoms with Crippen LogP contribution in [0.2, 0.25) is 0 Å². The first-order chi connectivity index (χ1) is 11.8. The van der Waals surface area contributed by atoms with Crippen LogP contribution in [0.3, 0.4) is 0 Å². The second kappa shape index (κ2) is 7.00. The van der Waals surface area contributed by atoms with Gasteiger partial charge in [0.25, 0.3) is 0 Å². The molecular weight excluding hydrogens is 314 g/mol. The van der Waals surface area contributed by atoms with Gasteiger partial charge < -0.3 is 14.6 Å². The molecule has 1 aromatic carbocycles. The summed E-state index contributed by atoms with van der Waals surface area (Å²) in [5, 5.41) is 0. The van der Waals surface area contributed by atoms with Crippen molar-refractivity contribution in [3.8, 4) is 0 Å². The number of aromatic nitrogens is 2. The predicted molar refractivity (Wildman–Crippen MR) is 97.1 cm³/mol. The predicted octanol–water partition coefficient (Wildman–Crippen LogP) is 3.28. The van der Waals surface area contributed by atoms with E-state index in [9.17, 15) is 4.79 Å². The molecule has 1 N–H and O–H groups in total. The van der Waals surface area contributed by atoms with Crippen LogP contribution in [0, 0.1) is 12.3 Å². The smallest absolute Gasteiger partial charge is 0.228 e. The van der Waals surface area contributed by atoms with Crippen LogP contribution in [-0.4, -0.2) is 40.0 Å². The zero-order valence-corrected chi connectivity index (χ0v) is 15.5. The van der Waals surface area contributed by atoms with Crippen LogP contribution >= 0.6 is 0 Å². The Balaban J connectivity index is 1.80. The lowest BCUT2D eigenvalue weighted by Crippen LogP contribution is -2.51. The minimum absolute atomic E-state index is 0.00399. The zero-order chi connectivity index (χ0) is 18.0. The van der Waals surface area contributed by atoms with Gasteiger partial charge in [-0.1, -0.05) is 51.1 Å². The van der Waals surface area contributed by atoms with Crippen LogP contribution in [0.15, 0.2) is 36.7 Å². The molecular formula is C20H27N3O2. The second-order valence-electron chi connectivity index (χ2n) is 7.84. The summed E-state index contributed by atoms with van der Waals surface area (Å²) in [6.07, 6.45) is 1.87. The highest BCUT2D eigenvalue weighted by atomic mass is 16.5. The zero-order valence-electron chi connectivity index (χ0n) is 15.5. The van der Waals surface area contributed by atoms with Gasteiger partial charge in [-0.05, 0) is 17.9 Å². The Labute approximate surface area is 149 Å². The number of morpholine rings is 1. The van der Waals surface area contributed by atoms with Gasteiger partial charge in [0.05, 0.1) is 31.1 Å². The van der Waals surface area contributed by atoms with Gasteiger partial charge in [-0.15, -0.1) is 0 Å². The number of amides is 1. The summed E-state index contributed by atoms with van der Waals surface area (Å²) < 4.78 is 6.36. The Morgan fingerprint density at radius 1 is 1.28 bits per heavy atom. The summed E-state index contributed by atoms with van der Waals surface area (Å²) in [5.41, 5.74) is 2.85. The molecule has 1 amide bonds. The van der Waals surface area contributed by atoms with E-state index in [1.807, 2.05) is 30.0 Å². The molecule has 1 aromatic heterocycles. The first-order valence-electron chi connectivity index (χ1n) is 8.81. The molecule has 0 radical (unpaired) electrons. The highest BCUT2D eigenvalue weighted by Crippen LogP contribution is 2.33. The number of nitrogens with one attached hydrogen (secondary N) is 1. The molecule has 3 rings (SSSR count). The maximum absolute atomic E-state index is 12.9. The lowest BCUT2D eigenvalue weighted by Gasteiger charge is -2.43. The van der Waals surface area contributed by atoms with Crippen molar-refractivity contribution in [2.24, 2.45) is 5.41 Å². The van der Waals surface area contributed by atoms with Crippen molar-refractivity contribution in [2.45, 2.75) is 46.3 Å². The molecule has 0 unspecified atom stereocenters. The van der Waals surface area contributed by atoms with Gasteiger partial charge in [0, 0.05) is 12.2 Å². The van der Waals surface area contributed by atoms with Crippen molar-refractivity contribution in [1.82, 2.24) is 14.9 Å². The summed E-state index contributed by atoms with van der Waals surface area (Å²) in [4.78, 5) is 22.1. The highest BCUT2D eigenvalue weighted by Gasteiger charge is 2.37. The van der Waals surface area contributed by atoms with E-state index in [2.05, 4.69) is 42.9 Å². The number of carbonyl (C=O) groups excluding carboxylic acids is 1. The third kappa shape index (κ3) is 4.10. The SMILES string of the molecule is Cc1[nH]cnc1CC(=O)N1C[C@@H](c2ccccc2)O[C@@H](C(C)(C)C)C1. The van der Waals surface area contributed by atoms with Gasteiger partial charge in [0.15, 0.2) is 0 Å². The molecule has 1 saturated heterocycles. The van der Waals surface area contributed by atoms with Gasteiger partial charge in [0.1, 0.15) is 6.10 Å². The van der Waals surface area contributed by atoms with Gasteiger partial charge in [-0.25, -0.2) is 4.98 Å². The van der Waals surface area contributed by atoms with E-state index in [0.717, 1.165) is 17.0 Å². The van der Waals surface area contributed by atoms with Crippen LogP contribution in [0.1, 0.15) is 43.8 Å². The summed E-state index contributed by atoms with van der Waals surface area (Å²) in [5.74, 6) is 0.105. The van der Waals surface area contributed by atoms with Crippen molar-refractivity contribution < 1.29 is 9.53 Å². The number of nitrogens with zero attached hydrogens (tertiary/aromatic N) is 2. The molecule has 2 heterocycles. The molecule has 0 spiro atoms. The molecule has 5 heteroatoms. The van der Waals surface area contributed by atoms with Crippen LogP contribution < -0.4 is 0 Å². The van der Waals surface area contributed by atoms with Gasteiger partial charge in [-0.3, -0.25) is 4.79 Å². The number of aryl methyl sites for hydroxylation is 1. The first-order valence-corrected chi connectivity index (χ1v) is 8.81. The third-order valence-electron chi connectivity index (χ3n) is 4.84. The summed E-state index contributed by atoms with van der Waals surface area (Å²) in [7, 11) is 0. The Morgan fingerprint density at radius 2 is 2.00 bits per heavy atom. The fourth-order valence-corrected chi connectivity index (χ4v) is 3.11. The Morgan fingerprint density at radius 3 is 2.60 bits per heavy atom. The van der Waals surface area contributed by atoms with Crippen molar-refractivity contribution in [3.05, 3.63) is 53.6 Å². The lowest BCUT2D eigenvalue weighted by atomic mass is 9.87. The standard InChI is InChI=1S/C20H27N3O2/c1-14-16(22-13-21-14)10-19(24)23-11-17(15-8-6-5-7-9-15)25-18(12-23)20(2,3)4/h5-9,13,17-18H,10-12H2,1-4H3,(H,21,22)/t17-,18+/m0/s1. The number of hydrogen-bond acceptors (Lipinski definition) is 3. The minimum atomic E-state index is -0.0941. The van der Waals surface area contributed by atoms with Crippen LogP contribution in [0.4, 0.5) is 0 Å². The van der Waals surface area contributed by atoms with E-state index in [1.54, 1.807) is 6.33 Å². The highest BCUT2D eigenvalue weighted by molar-refractivity contribution is 5.78. The van der Waals surface area contributed by atoms with Gasteiger partial charge in [0.2, 0.25) is 5.91 Å². The fourth-order valence-electron chi connectivity index (χ4n) is 3.11. The van der Waals surface area contributed by atoms with Crippen molar-refractivity contribution in [3.63, 3.8) is 0 Å². The van der Waals surface area contributed by atoms with E-state index < -0.39 is 0 Å². The maximum Gasteiger partial charge on any atom is 0.228 e. The molecule has 25 heavy (non-hydrogen) atoms. The lowest BCUT2D eigenvalue weighted by molar-refractivity contribution is -0.156. The van der Waals surface area contributed by atoms with E-state index in [-0.39, 0.29) is 23.5 Å². The van der Waals surface area contributed by atoms with Crippen molar-refractivity contribution in [1.29, 1.82) is 0 Å². The van der Waals surface area contributed by atoms with Crippen LogP contribution in [0.25, 0.3) is 0 Å². The molecule has 134 valence electrons. The minimum Gasteiger partial charge on any atom is -0.366 e. The van der Waals surface area contributed by atoms with Crippen molar-refractivity contribution >= 4 is 5.91 Å². The molecule has 1 aliphatic heterocycles. The van der Waals surface area contributed by atoms with Crippen LogP contribution in [0.5, 0.6) is 0 Å². The van der Waals surface area contributed by atoms with Crippen LogP contribution in [-0.2, 0) is 16.0 Å². The quantitative estimate of drug-likeness (QED) is 0.932. The number of benzene rings is 1. The topological polar surface area (TPSA) is 58.2 Å². The van der Waals surface area contributed by atoms with E-state index in [4.69, 9.17) is 4.74 Å². The number of hydrogen-bond donors (Lipinski definition) is 1. The second-order valence-corrected chi connectivity index (χ2v) is 7.84. The monoisotopic (exact) mass is 341 g/mol. The Hall–Kier alpha value is -2.14. The van der Waals surface area contributed by atoms with Gasteiger partial charge >= 0.3 is 0 Å². The molecule has 5 nitrogen and oxygen atoms in total. The molecule has 2 atom stereocenters. The largest absolute Gasteiger partial charge is 0.366 e. The third-order valence-corrected chi connectivity index (χ3v) is 4.84. The molecule has 0 bridgehead atoms. The van der Waals surface area contributed by atoms with Gasteiger partial charge in [-0.2, -0.15) is 0 Å². The average molecular weight is 341 g/mol. The average Bonchev–Trinajstić information content (AvgIpc) is 2.99. The summed E-state index contributed by atoms with van der Waals surface area (Å²) >= 11 is 0. The number of imidazole rings is 1. The number of aromatic amines is 1. The summed E-state index contributed by atoms with van der Waals surface area (Å²) in [6, 6.07) is 10.2. The number of ether oxygens (including phenoxy) is 1. The van der Waals surface area contributed by atoms with E-state index >= 15 is 0 Å². The molecule has 1 aliphatic rings. The Kier molecular flexibility index (Phi) is 4.95. The number of carbonyl (C=O) groups is 1. The molecule has 1 fully saturated rings. The molecule has 2 aromatic rings. The number of H-pyrrole nitrogens is 1. The fraction of sp³-hybridized carbons (Fsp3) is 0.500. The van der Waals surface area contributed by atoms with E-state index in [1.165, 1.54) is 0 Å². The maximum atomic E-state index is 12.9. The first kappa shape index (κ1) is 17.7. The molecule has 0 aliphatic carbocycles. The van der Waals surface area contributed by atoms with Crippen molar-refractivity contribution in [2.75, 3.05) is 13.1 Å².